The SMILES string of the molecule is O=C(Nc1ccccc1)NC1CSCC1C(=O)O. The van der Waals surface area contributed by atoms with Crippen LogP contribution in [0.15, 0.2) is 30.3 Å². The lowest BCUT2D eigenvalue weighted by Crippen LogP contribution is -2.44. The van der Waals surface area contributed by atoms with Gasteiger partial charge < -0.3 is 15.7 Å². The Morgan fingerprint density at radius 3 is 2.61 bits per heavy atom. The Labute approximate surface area is 109 Å². The number of carbonyl (C=O) groups excluding carboxylic acids is 1. The molecule has 2 amide bonds. The van der Waals surface area contributed by atoms with Crippen LogP contribution in [-0.4, -0.2) is 34.7 Å². The van der Waals surface area contributed by atoms with E-state index in [1.54, 1.807) is 23.9 Å². The second-order valence-electron chi connectivity index (χ2n) is 4.05. The normalized spacial score (nSPS) is 22.4. The number of carbonyl (C=O) groups is 2. The number of urea groups is 1. The lowest BCUT2D eigenvalue weighted by Gasteiger charge is -2.17. The molecular formula is C12H14N2O3S. The predicted octanol–water partition coefficient (Wildman–Crippen LogP) is 1.62. The van der Waals surface area contributed by atoms with E-state index in [0.29, 0.717) is 17.2 Å². The summed E-state index contributed by atoms with van der Waals surface area (Å²) in [7, 11) is 0. The zero-order chi connectivity index (χ0) is 13.0. The van der Waals surface area contributed by atoms with Gasteiger partial charge in [0.15, 0.2) is 0 Å². The summed E-state index contributed by atoms with van der Waals surface area (Å²) in [4.78, 5) is 22.7. The summed E-state index contributed by atoms with van der Waals surface area (Å²) in [5.41, 5.74) is 0.688. The van der Waals surface area contributed by atoms with Gasteiger partial charge >= 0.3 is 12.0 Å². The molecule has 5 nitrogen and oxygen atoms in total. The Hall–Kier alpha value is -1.69. The van der Waals surface area contributed by atoms with E-state index in [1.165, 1.54) is 0 Å². The number of hydrogen-bond donors (Lipinski definition) is 3. The molecule has 6 heteroatoms. The third-order valence-corrected chi connectivity index (χ3v) is 3.94. The molecule has 0 spiro atoms. The van der Waals surface area contributed by atoms with Crippen LogP contribution in [0.1, 0.15) is 0 Å². The predicted molar refractivity (Wildman–Crippen MR) is 70.8 cm³/mol. The molecule has 1 aromatic rings. The minimum Gasteiger partial charge on any atom is -0.481 e. The number of carboxylic acid groups (broad SMARTS) is 1. The van der Waals surface area contributed by atoms with Gasteiger partial charge in [0.05, 0.1) is 12.0 Å². The van der Waals surface area contributed by atoms with E-state index >= 15 is 0 Å². The zero-order valence-electron chi connectivity index (χ0n) is 9.63. The molecule has 1 aromatic carbocycles. The number of rotatable bonds is 3. The van der Waals surface area contributed by atoms with E-state index < -0.39 is 11.9 Å². The first-order valence-electron chi connectivity index (χ1n) is 5.60. The Morgan fingerprint density at radius 1 is 1.22 bits per heavy atom. The lowest BCUT2D eigenvalue weighted by atomic mass is 10.0. The second kappa shape index (κ2) is 5.77. The average molecular weight is 266 g/mol. The molecule has 3 N–H and O–H groups in total. The van der Waals surface area contributed by atoms with Crippen LogP contribution in [0.25, 0.3) is 0 Å². The first kappa shape index (κ1) is 12.8. The highest BCUT2D eigenvalue weighted by Gasteiger charge is 2.34. The molecule has 2 atom stereocenters. The molecule has 2 rings (SSSR count). The molecule has 1 fully saturated rings. The Bertz CT molecular complexity index is 438. The Balaban J connectivity index is 1.90. The fourth-order valence-corrected chi connectivity index (χ4v) is 3.13. The van der Waals surface area contributed by atoms with Crippen molar-refractivity contribution in [1.29, 1.82) is 0 Å². The first-order valence-corrected chi connectivity index (χ1v) is 6.75. The van der Waals surface area contributed by atoms with Crippen LogP contribution in [-0.2, 0) is 4.79 Å². The third kappa shape index (κ3) is 3.16. The van der Waals surface area contributed by atoms with Gasteiger partial charge in [-0.15, -0.1) is 0 Å². The molecule has 0 radical (unpaired) electrons. The zero-order valence-corrected chi connectivity index (χ0v) is 10.4. The van der Waals surface area contributed by atoms with Crippen LogP contribution in [0.5, 0.6) is 0 Å². The van der Waals surface area contributed by atoms with Gasteiger partial charge in [0.2, 0.25) is 0 Å². The summed E-state index contributed by atoms with van der Waals surface area (Å²) in [6.45, 7) is 0. The molecular weight excluding hydrogens is 252 g/mol. The van der Waals surface area contributed by atoms with E-state index in [-0.39, 0.29) is 12.1 Å². The van der Waals surface area contributed by atoms with Crippen molar-refractivity contribution < 1.29 is 14.7 Å². The van der Waals surface area contributed by atoms with E-state index in [1.807, 2.05) is 18.2 Å². The smallest absolute Gasteiger partial charge is 0.319 e. The molecule has 1 aliphatic rings. The Kier molecular flexibility index (Phi) is 4.09. The molecule has 0 aliphatic carbocycles. The summed E-state index contributed by atoms with van der Waals surface area (Å²) in [6, 6.07) is 8.38. The van der Waals surface area contributed by atoms with Crippen molar-refractivity contribution in [1.82, 2.24) is 5.32 Å². The minimum atomic E-state index is -0.856. The fourth-order valence-electron chi connectivity index (χ4n) is 1.80. The number of hydrogen-bond acceptors (Lipinski definition) is 3. The highest BCUT2D eigenvalue weighted by molar-refractivity contribution is 7.99. The van der Waals surface area contributed by atoms with E-state index in [4.69, 9.17) is 5.11 Å². The summed E-state index contributed by atoms with van der Waals surface area (Å²) in [6.07, 6.45) is 0. The van der Waals surface area contributed by atoms with Crippen molar-refractivity contribution in [2.75, 3.05) is 16.8 Å². The maximum Gasteiger partial charge on any atom is 0.319 e. The van der Waals surface area contributed by atoms with Crippen molar-refractivity contribution in [3.8, 4) is 0 Å². The lowest BCUT2D eigenvalue weighted by molar-refractivity contribution is -0.141. The number of amides is 2. The van der Waals surface area contributed by atoms with E-state index in [0.717, 1.165) is 0 Å². The van der Waals surface area contributed by atoms with Crippen LogP contribution in [0.4, 0.5) is 10.5 Å². The maximum absolute atomic E-state index is 11.7. The van der Waals surface area contributed by atoms with Gasteiger partial charge in [0, 0.05) is 17.2 Å². The summed E-state index contributed by atoms with van der Waals surface area (Å²) in [5, 5.41) is 14.4. The van der Waals surface area contributed by atoms with Crippen LogP contribution >= 0.6 is 11.8 Å². The number of anilines is 1. The summed E-state index contributed by atoms with van der Waals surface area (Å²) >= 11 is 1.54. The quantitative estimate of drug-likeness (QED) is 0.777. The topological polar surface area (TPSA) is 78.4 Å². The van der Waals surface area contributed by atoms with Crippen molar-refractivity contribution in [3.63, 3.8) is 0 Å². The number of carboxylic acids is 1. The van der Waals surface area contributed by atoms with Crippen molar-refractivity contribution >= 4 is 29.4 Å². The minimum absolute atomic E-state index is 0.309. The maximum atomic E-state index is 11.7. The highest BCUT2D eigenvalue weighted by atomic mass is 32.2. The largest absolute Gasteiger partial charge is 0.481 e. The van der Waals surface area contributed by atoms with Crippen molar-refractivity contribution in [2.45, 2.75) is 6.04 Å². The fraction of sp³-hybridized carbons (Fsp3) is 0.333. The molecule has 0 aromatic heterocycles. The van der Waals surface area contributed by atoms with Gasteiger partial charge in [-0.2, -0.15) is 11.8 Å². The number of nitrogens with one attached hydrogen (secondary N) is 2. The van der Waals surface area contributed by atoms with Gasteiger partial charge in [0.1, 0.15) is 0 Å². The molecule has 18 heavy (non-hydrogen) atoms. The van der Waals surface area contributed by atoms with Gasteiger partial charge in [-0.25, -0.2) is 4.79 Å². The van der Waals surface area contributed by atoms with Gasteiger partial charge in [0.25, 0.3) is 0 Å². The summed E-state index contributed by atoms with van der Waals surface area (Å²) in [5.74, 6) is -0.174. The number of para-hydroxylation sites is 1. The number of aliphatic carboxylic acids is 1. The highest BCUT2D eigenvalue weighted by Crippen LogP contribution is 2.24. The Morgan fingerprint density at radius 2 is 1.94 bits per heavy atom. The van der Waals surface area contributed by atoms with Crippen molar-refractivity contribution in [2.24, 2.45) is 5.92 Å². The molecule has 96 valence electrons. The van der Waals surface area contributed by atoms with Crippen LogP contribution in [0, 0.1) is 5.92 Å². The van der Waals surface area contributed by atoms with Gasteiger partial charge in [-0.1, -0.05) is 18.2 Å². The average Bonchev–Trinajstić information content (AvgIpc) is 2.78. The molecule has 2 unspecified atom stereocenters. The third-order valence-electron chi connectivity index (χ3n) is 2.75. The summed E-state index contributed by atoms with van der Waals surface area (Å²) < 4.78 is 0. The number of benzene rings is 1. The van der Waals surface area contributed by atoms with Gasteiger partial charge in [-0.3, -0.25) is 4.79 Å². The molecule has 0 bridgehead atoms. The van der Waals surface area contributed by atoms with E-state index in [2.05, 4.69) is 10.6 Å². The molecule has 1 saturated heterocycles. The first-order chi connectivity index (χ1) is 8.66. The molecule has 1 heterocycles. The van der Waals surface area contributed by atoms with Gasteiger partial charge in [-0.05, 0) is 12.1 Å². The standard InChI is InChI=1S/C12H14N2O3S/c15-11(16)9-6-18-7-10(9)14-12(17)13-8-4-2-1-3-5-8/h1-5,9-10H,6-7H2,(H,15,16)(H2,13,14,17). The monoisotopic (exact) mass is 266 g/mol. The number of thioether (sulfide) groups is 1. The van der Waals surface area contributed by atoms with Crippen LogP contribution in [0.3, 0.4) is 0 Å². The van der Waals surface area contributed by atoms with Crippen LogP contribution in [0.2, 0.25) is 0 Å². The molecule has 0 saturated carbocycles. The van der Waals surface area contributed by atoms with Crippen molar-refractivity contribution in [3.05, 3.63) is 30.3 Å². The second-order valence-corrected chi connectivity index (χ2v) is 5.13. The molecule has 1 aliphatic heterocycles. The van der Waals surface area contributed by atoms with E-state index in [9.17, 15) is 9.59 Å². The van der Waals surface area contributed by atoms with Crippen LogP contribution < -0.4 is 10.6 Å².